The summed E-state index contributed by atoms with van der Waals surface area (Å²) >= 11 is 0. The van der Waals surface area contributed by atoms with E-state index in [0.29, 0.717) is 5.89 Å². The van der Waals surface area contributed by atoms with E-state index in [2.05, 4.69) is 19.8 Å². The summed E-state index contributed by atoms with van der Waals surface area (Å²) in [4.78, 5) is 6.40. The van der Waals surface area contributed by atoms with Crippen molar-refractivity contribution in [2.24, 2.45) is 0 Å². The van der Waals surface area contributed by atoms with Crippen LogP contribution in [0.25, 0.3) is 0 Å². The molecule has 1 fully saturated rings. The van der Waals surface area contributed by atoms with Gasteiger partial charge in [0.05, 0.1) is 4.90 Å². The maximum Gasteiger partial charge on any atom is 0.277 e. The second-order valence-electron chi connectivity index (χ2n) is 6.15. The van der Waals surface area contributed by atoms with Crippen molar-refractivity contribution in [1.82, 2.24) is 10.1 Å². The van der Waals surface area contributed by atoms with Crippen LogP contribution in [-0.2, 0) is 16.4 Å². The minimum atomic E-state index is -3.72. The molecule has 23 heavy (non-hydrogen) atoms. The van der Waals surface area contributed by atoms with Crippen LogP contribution in [0.5, 0.6) is 0 Å². The lowest BCUT2D eigenvalue weighted by molar-refractivity contribution is 0.380. The summed E-state index contributed by atoms with van der Waals surface area (Å²) in [5.74, 6) is 0.795. The lowest BCUT2D eigenvalue weighted by Gasteiger charge is -2.27. The number of hydrogen-bond acceptors (Lipinski definition) is 6. The molecule has 0 unspecified atom stereocenters. The van der Waals surface area contributed by atoms with Gasteiger partial charge in [-0.2, -0.15) is 4.98 Å². The van der Waals surface area contributed by atoms with Gasteiger partial charge in [0.25, 0.3) is 16.0 Å². The molecule has 1 aliphatic carbocycles. The van der Waals surface area contributed by atoms with Crippen LogP contribution in [0.4, 0.5) is 11.6 Å². The molecule has 8 heteroatoms. The Kier molecular flexibility index (Phi) is 3.29. The fourth-order valence-electron chi connectivity index (χ4n) is 2.86. The molecule has 1 saturated carbocycles. The number of nitrogens with one attached hydrogen (secondary N) is 1. The third kappa shape index (κ3) is 2.78. The molecule has 122 valence electrons. The first-order valence-corrected chi connectivity index (χ1v) is 9.22. The van der Waals surface area contributed by atoms with Gasteiger partial charge in [-0.25, -0.2) is 13.1 Å². The maximum absolute atomic E-state index is 12.5. The van der Waals surface area contributed by atoms with Gasteiger partial charge in [0, 0.05) is 25.2 Å². The van der Waals surface area contributed by atoms with Gasteiger partial charge in [0.2, 0.25) is 5.89 Å². The molecule has 2 heterocycles. The quantitative estimate of drug-likeness (QED) is 0.921. The maximum atomic E-state index is 12.5. The second kappa shape index (κ2) is 5.23. The number of nitrogens with zero attached hydrogens (tertiary/aromatic N) is 3. The molecule has 0 atom stereocenters. The number of fused-ring (bicyclic) bond motifs is 1. The van der Waals surface area contributed by atoms with Crippen molar-refractivity contribution < 1.29 is 12.9 Å². The number of anilines is 2. The number of rotatable bonds is 4. The van der Waals surface area contributed by atoms with Crippen LogP contribution >= 0.6 is 0 Å². The zero-order valence-electron chi connectivity index (χ0n) is 12.8. The monoisotopic (exact) mass is 334 g/mol. The standard InChI is InChI=1S/C15H18N4O3S/c1-19-8-2-3-10-6-7-12(9-13(10)19)23(20,21)18-15-16-14(22-17-15)11-4-5-11/h6-7,9,11H,2-5,8H2,1H3,(H,17,18). The van der Waals surface area contributed by atoms with Crippen LogP contribution in [0.2, 0.25) is 0 Å². The van der Waals surface area contributed by atoms with Crippen molar-refractivity contribution >= 4 is 21.7 Å². The molecule has 0 bridgehead atoms. The molecular formula is C15H18N4O3S. The van der Waals surface area contributed by atoms with Crippen LogP contribution in [-0.4, -0.2) is 32.2 Å². The Morgan fingerprint density at radius 3 is 2.96 bits per heavy atom. The topological polar surface area (TPSA) is 88.3 Å². The van der Waals surface area contributed by atoms with E-state index in [9.17, 15) is 8.42 Å². The summed E-state index contributed by atoms with van der Waals surface area (Å²) in [6, 6.07) is 5.21. The smallest absolute Gasteiger partial charge is 0.277 e. The van der Waals surface area contributed by atoms with E-state index < -0.39 is 10.0 Å². The number of benzene rings is 1. The van der Waals surface area contributed by atoms with Crippen LogP contribution in [0.1, 0.15) is 36.6 Å². The van der Waals surface area contributed by atoms with Crippen LogP contribution < -0.4 is 9.62 Å². The molecule has 0 saturated heterocycles. The van der Waals surface area contributed by atoms with Crippen LogP contribution in [0.3, 0.4) is 0 Å². The van der Waals surface area contributed by atoms with Gasteiger partial charge < -0.3 is 9.42 Å². The predicted octanol–water partition coefficient (Wildman–Crippen LogP) is 2.13. The molecule has 1 aromatic heterocycles. The van der Waals surface area contributed by atoms with Gasteiger partial charge in [0.1, 0.15) is 0 Å². The molecule has 2 aliphatic rings. The number of aromatic nitrogens is 2. The Morgan fingerprint density at radius 1 is 1.35 bits per heavy atom. The van der Waals surface area contributed by atoms with Gasteiger partial charge >= 0.3 is 0 Å². The fraction of sp³-hybridized carbons (Fsp3) is 0.467. The van der Waals surface area contributed by atoms with Crippen LogP contribution in [0.15, 0.2) is 27.6 Å². The van der Waals surface area contributed by atoms with E-state index >= 15 is 0 Å². The normalized spacial score (nSPS) is 17.9. The van der Waals surface area contributed by atoms with Gasteiger partial charge in [-0.1, -0.05) is 6.07 Å². The molecule has 7 nitrogen and oxygen atoms in total. The number of sulfonamides is 1. The van der Waals surface area contributed by atoms with Crippen molar-refractivity contribution in [3.63, 3.8) is 0 Å². The zero-order chi connectivity index (χ0) is 16.0. The minimum absolute atomic E-state index is 0.00187. The number of aryl methyl sites for hydroxylation is 1. The van der Waals surface area contributed by atoms with Crippen molar-refractivity contribution in [3.8, 4) is 0 Å². The Balaban J connectivity index is 1.61. The highest BCUT2D eigenvalue weighted by molar-refractivity contribution is 7.92. The first-order valence-electron chi connectivity index (χ1n) is 7.73. The Bertz CT molecular complexity index is 842. The van der Waals surface area contributed by atoms with E-state index in [1.165, 1.54) is 5.56 Å². The molecule has 1 aliphatic heterocycles. The first kappa shape index (κ1) is 14.5. The zero-order valence-corrected chi connectivity index (χ0v) is 13.6. The van der Waals surface area contributed by atoms with E-state index in [-0.39, 0.29) is 16.8 Å². The molecular weight excluding hydrogens is 316 g/mol. The Morgan fingerprint density at radius 2 is 2.17 bits per heavy atom. The predicted molar refractivity (Wildman–Crippen MR) is 85.1 cm³/mol. The summed E-state index contributed by atoms with van der Waals surface area (Å²) in [5, 5.41) is 3.70. The highest BCUT2D eigenvalue weighted by Crippen LogP contribution is 2.39. The average Bonchev–Trinajstić information content (AvgIpc) is 3.28. The van der Waals surface area contributed by atoms with Crippen molar-refractivity contribution in [2.45, 2.75) is 36.5 Å². The van der Waals surface area contributed by atoms with Gasteiger partial charge in [-0.05, 0) is 48.5 Å². The van der Waals surface area contributed by atoms with E-state index in [4.69, 9.17) is 4.52 Å². The van der Waals surface area contributed by atoms with Gasteiger partial charge in [-0.15, -0.1) is 0 Å². The van der Waals surface area contributed by atoms with Crippen molar-refractivity contribution in [2.75, 3.05) is 23.2 Å². The molecule has 0 spiro atoms. The lowest BCUT2D eigenvalue weighted by atomic mass is 10.0. The first-order chi connectivity index (χ1) is 11.0. The van der Waals surface area contributed by atoms with Crippen molar-refractivity contribution in [3.05, 3.63) is 29.7 Å². The summed E-state index contributed by atoms with van der Waals surface area (Å²) in [7, 11) is -1.75. The molecule has 1 N–H and O–H groups in total. The highest BCUT2D eigenvalue weighted by Gasteiger charge is 2.30. The summed E-state index contributed by atoms with van der Waals surface area (Å²) in [6.45, 7) is 0.930. The highest BCUT2D eigenvalue weighted by atomic mass is 32.2. The van der Waals surface area contributed by atoms with E-state index in [1.807, 2.05) is 13.1 Å². The van der Waals surface area contributed by atoms with Crippen LogP contribution in [0, 0.1) is 0 Å². The lowest BCUT2D eigenvalue weighted by Crippen LogP contribution is -2.25. The summed E-state index contributed by atoms with van der Waals surface area (Å²) in [5.41, 5.74) is 2.14. The Labute approximate surface area is 134 Å². The second-order valence-corrected chi connectivity index (χ2v) is 7.83. The fourth-order valence-corrected chi connectivity index (χ4v) is 3.81. The minimum Gasteiger partial charge on any atom is -0.374 e. The Hall–Kier alpha value is -2.09. The average molecular weight is 334 g/mol. The molecule has 2 aromatic rings. The van der Waals surface area contributed by atoms with E-state index in [1.54, 1.807) is 12.1 Å². The summed E-state index contributed by atoms with van der Waals surface area (Å²) in [6.07, 6.45) is 4.10. The summed E-state index contributed by atoms with van der Waals surface area (Å²) < 4.78 is 32.6. The molecule has 4 rings (SSSR count). The molecule has 1 aromatic carbocycles. The largest absolute Gasteiger partial charge is 0.374 e. The molecule has 0 amide bonds. The third-order valence-corrected chi connectivity index (χ3v) is 5.64. The van der Waals surface area contributed by atoms with Gasteiger partial charge in [-0.3, -0.25) is 0 Å². The third-order valence-electron chi connectivity index (χ3n) is 4.31. The molecule has 0 radical (unpaired) electrons. The van der Waals surface area contributed by atoms with E-state index in [0.717, 1.165) is 37.9 Å². The SMILES string of the molecule is CN1CCCc2ccc(S(=O)(=O)Nc3noc(C4CC4)n3)cc21. The van der Waals surface area contributed by atoms with Crippen molar-refractivity contribution in [1.29, 1.82) is 0 Å². The number of hydrogen-bond donors (Lipinski definition) is 1. The van der Waals surface area contributed by atoms with Gasteiger partial charge in [0.15, 0.2) is 0 Å².